The first-order valence-electron chi connectivity index (χ1n) is 11.8. The van der Waals surface area contributed by atoms with Crippen molar-refractivity contribution in [3.63, 3.8) is 0 Å². The van der Waals surface area contributed by atoms with Crippen molar-refractivity contribution < 1.29 is 14.6 Å². The van der Waals surface area contributed by atoms with Crippen LogP contribution in [0, 0.1) is 5.92 Å². The highest BCUT2D eigenvalue weighted by molar-refractivity contribution is 5.76. The molecule has 3 fully saturated rings. The van der Waals surface area contributed by atoms with Crippen LogP contribution in [0.15, 0.2) is 24.3 Å². The zero-order valence-corrected chi connectivity index (χ0v) is 18.8. The molecule has 1 aromatic rings. The van der Waals surface area contributed by atoms with E-state index in [1.807, 2.05) is 12.1 Å². The summed E-state index contributed by atoms with van der Waals surface area (Å²) in [5, 5.41) is 11.3. The Balaban J connectivity index is 1.32. The van der Waals surface area contributed by atoms with Gasteiger partial charge in [0.25, 0.3) is 0 Å². The minimum atomic E-state index is -0.625. The van der Waals surface area contributed by atoms with Crippen molar-refractivity contribution in [3.05, 3.63) is 24.3 Å². The number of aliphatic hydroxyl groups is 1. The topological polar surface area (TPSA) is 82.3 Å². The summed E-state index contributed by atoms with van der Waals surface area (Å²) in [5.41, 5.74) is 6.04. The third-order valence-electron chi connectivity index (χ3n) is 7.51. The molecule has 0 unspecified atom stereocenters. The summed E-state index contributed by atoms with van der Waals surface area (Å²) in [6.07, 6.45) is 6.18. The molecule has 1 amide bonds. The number of amides is 1. The van der Waals surface area contributed by atoms with Crippen molar-refractivity contribution in [3.8, 4) is 5.75 Å². The van der Waals surface area contributed by atoms with Crippen LogP contribution >= 0.6 is 0 Å². The zero-order chi connectivity index (χ0) is 21.8. The lowest BCUT2D eigenvalue weighted by Crippen LogP contribution is -2.56. The number of anilines is 1. The zero-order valence-electron chi connectivity index (χ0n) is 18.8. The molecule has 2 atom stereocenters. The monoisotopic (exact) mass is 430 g/mol. The van der Waals surface area contributed by atoms with Gasteiger partial charge < -0.3 is 25.4 Å². The number of benzene rings is 1. The summed E-state index contributed by atoms with van der Waals surface area (Å²) in [5.74, 6) is 1.21. The molecule has 4 rings (SSSR count). The normalized spacial score (nSPS) is 27.4. The summed E-state index contributed by atoms with van der Waals surface area (Å²) in [6.45, 7) is 5.82. The maximum absolute atomic E-state index is 11.5. The lowest BCUT2D eigenvalue weighted by molar-refractivity contribution is -0.120. The molecule has 0 aromatic heterocycles. The van der Waals surface area contributed by atoms with Gasteiger partial charge in [0.2, 0.25) is 5.91 Å². The van der Waals surface area contributed by atoms with E-state index in [1.54, 1.807) is 7.11 Å². The van der Waals surface area contributed by atoms with Gasteiger partial charge in [0, 0.05) is 44.0 Å². The fraction of sp³-hybridized carbons (Fsp3) is 0.708. The van der Waals surface area contributed by atoms with Crippen LogP contribution in [0.5, 0.6) is 5.75 Å². The summed E-state index contributed by atoms with van der Waals surface area (Å²) >= 11 is 0. The lowest BCUT2D eigenvalue weighted by atomic mass is 9.85. The number of carbonyl (C=O) groups excluding carboxylic acids is 1. The average Bonchev–Trinajstić information content (AvgIpc) is 2.95. The van der Waals surface area contributed by atoms with Gasteiger partial charge in [0.1, 0.15) is 5.75 Å². The molecule has 172 valence electrons. The molecule has 3 aliphatic heterocycles. The molecule has 0 aliphatic carbocycles. The molecule has 0 saturated carbocycles. The highest BCUT2D eigenvalue weighted by Gasteiger charge is 2.39. The number of hydrogen-bond acceptors (Lipinski definition) is 6. The highest BCUT2D eigenvalue weighted by Crippen LogP contribution is 2.33. The molecular formula is C24H38N4O3. The van der Waals surface area contributed by atoms with Gasteiger partial charge in [-0.05, 0) is 63.2 Å². The molecule has 3 N–H and O–H groups in total. The van der Waals surface area contributed by atoms with Crippen LogP contribution in [0.4, 0.5) is 5.69 Å². The number of fused-ring (bicyclic) bond motifs is 1. The molecule has 3 saturated heterocycles. The smallest absolute Gasteiger partial charge is 0.231 e. The second-order valence-electron chi connectivity index (χ2n) is 9.70. The van der Waals surface area contributed by atoms with Crippen molar-refractivity contribution in [2.75, 3.05) is 57.8 Å². The summed E-state index contributed by atoms with van der Waals surface area (Å²) in [4.78, 5) is 18.6. The number of rotatable bonds is 6. The van der Waals surface area contributed by atoms with Crippen molar-refractivity contribution in [2.45, 2.75) is 50.2 Å². The Morgan fingerprint density at radius 3 is 2.74 bits per heavy atom. The first kappa shape index (κ1) is 22.4. The molecule has 1 aromatic carbocycles. The number of β-amino-alcohol motifs (C(OH)–C–C–N with tert-alkyl or cyclic N) is 1. The van der Waals surface area contributed by atoms with Crippen molar-refractivity contribution in [2.24, 2.45) is 11.7 Å². The van der Waals surface area contributed by atoms with Crippen LogP contribution in [0.3, 0.4) is 0 Å². The first-order valence-corrected chi connectivity index (χ1v) is 11.8. The van der Waals surface area contributed by atoms with E-state index < -0.39 is 5.60 Å². The second kappa shape index (κ2) is 9.76. The van der Waals surface area contributed by atoms with Gasteiger partial charge in [0.15, 0.2) is 0 Å². The molecule has 7 nitrogen and oxygen atoms in total. The molecule has 3 aliphatic rings. The standard InChI is InChI=1S/C24H38N4O3/c1-31-21-7-4-6-20(15-21)27-13-9-24(30,10-14-27)18-26-12-8-22-19(16-26)5-2-3-11-28(22)17-23(25)29/h4,6-7,15,19,22,30H,2-3,5,8-14,16-18H2,1H3,(H2,25,29)/t19-,22+/m0/s1. The minimum absolute atomic E-state index is 0.222. The molecule has 7 heteroatoms. The van der Waals surface area contributed by atoms with Crippen LogP contribution < -0.4 is 15.4 Å². The van der Waals surface area contributed by atoms with E-state index in [0.717, 1.165) is 76.4 Å². The van der Waals surface area contributed by atoms with Gasteiger partial charge in [-0.15, -0.1) is 0 Å². The van der Waals surface area contributed by atoms with Gasteiger partial charge in [0.05, 0.1) is 19.3 Å². The first-order chi connectivity index (χ1) is 15.0. The van der Waals surface area contributed by atoms with E-state index in [1.165, 1.54) is 12.8 Å². The van der Waals surface area contributed by atoms with E-state index in [9.17, 15) is 9.90 Å². The number of nitrogens with zero attached hydrogens (tertiary/aromatic N) is 3. The Morgan fingerprint density at radius 2 is 2.00 bits per heavy atom. The van der Waals surface area contributed by atoms with Crippen LogP contribution in [0.1, 0.15) is 38.5 Å². The Bertz CT molecular complexity index is 750. The van der Waals surface area contributed by atoms with E-state index in [0.29, 0.717) is 18.5 Å². The van der Waals surface area contributed by atoms with Crippen LogP contribution in [0.2, 0.25) is 0 Å². The number of likely N-dealkylation sites (tertiary alicyclic amines) is 2. The van der Waals surface area contributed by atoms with Crippen LogP contribution in [0.25, 0.3) is 0 Å². The van der Waals surface area contributed by atoms with Crippen molar-refractivity contribution >= 4 is 11.6 Å². The maximum atomic E-state index is 11.5. The van der Waals surface area contributed by atoms with E-state index in [4.69, 9.17) is 10.5 Å². The predicted molar refractivity (Wildman–Crippen MR) is 122 cm³/mol. The maximum Gasteiger partial charge on any atom is 0.231 e. The molecule has 0 spiro atoms. The quantitative estimate of drug-likeness (QED) is 0.715. The number of carbonyl (C=O) groups is 1. The van der Waals surface area contributed by atoms with Gasteiger partial charge in [-0.2, -0.15) is 0 Å². The van der Waals surface area contributed by atoms with Gasteiger partial charge in [-0.1, -0.05) is 12.5 Å². The predicted octanol–water partition coefficient (Wildman–Crippen LogP) is 1.69. The lowest BCUT2D eigenvalue weighted by Gasteiger charge is -2.46. The Labute approximate surface area is 186 Å². The van der Waals surface area contributed by atoms with Crippen LogP contribution in [-0.4, -0.2) is 85.4 Å². The average molecular weight is 431 g/mol. The third kappa shape index (κ3) is 5.51. The highest BCUT2D eigenvalue weighted by atomic mass is 16.5. The second-order valence-corrected chi connectivity index (χ2v) is 9.70. The molecule has 0 bridgehead atoms. The molecule has 3 heterocycles. The Morgan fingerprint density at radius 1 is 1.19 bits per heavy atom. The number of piperidine rings is 2. The number of ether oxygens (including phenoxy) is 1. The SMILES string of the molecule is COc1cccc(N2CCC(O)(CN3CC[C@@H]4[C@@H](CCCCN4CC(N)=O)C3)CC2)c1. The Kier molecular flexibility index (Phi) is 7.04. The summed E-state index contributed by atoms with van der Waals surface area (Å²) < 4.78 is 5.36. The largest absolute Gasteiger partial charge is 0.497 e. The molecular weight excluding hydrogens is 392 g/mol. The molecule has 31 heavy (non-hydrogen) atoms. The summed E-state index contributed by atoms with van der Waals surface area (Å²) in [6, 6.07) is 8.62. The number of methoxy groups -OCH3 is 1. The van der Waals surface area contributed by atoms with Gasteiger partial charge in [-0.3, -0.25) is 9.69 Å². The van der Waals surface area contributed by atoms with Crippen molar-refractivity contribution in [1.82, 2.24) is 9.80 Å². The fourth-order valence-electron chi connectivity index (χ4n) is 5.85. The van der Waals surface area contributed by atoms with Gasteiger partial charge >= 0.3 is 0 Å². The van der Waals surface area contributed by atoms with Gasteiger partial charge in [-0.25, -0.2) is 0 Å². The third-order valence-corrected chi connectivity index (χ3v) is 7.51. The number of hydrogen-bond donors (Lipinski definition) is 2. The van der Waals surface area contributed by atoms with Crippen LogP contribution in [-0.2, 0) is 4.79 Å². The van der Waals surface area contributed by atoms with E-state index in [2.05, 4.69) is 26.8 Å². The van der Waals surface area contributed by atoms with Crippen molar-refractivity contribution in [1.29, 1.82) is 0 Å². The van der Waals surface area contributed by atoms with E-state index >= 15 is 0 Å². The Hall–Kier alpha value is -1.83. The minimum Gasteiger partial charge on any atom is -0.497 e. The number of nitrogens with two attached hydrogens (primary N) is 1. The summed E-state index contributed by atoms with van der Waals surface area (Å²) in [7, 11) is 1.69. The van der Waals surface area contributed by atoms with E-state index in [-0.39, 0.29) is 5.91 Å². The number of primary amides is 1. The fourth-order valence-corrected chi connectivity index (χ4v) is 5.85. The molecule has 0 radical (unpaired) electrons.